The maximum absolute atomic E-state index is 14.4. The van der Waals surface area contributed by atoms with E-state index in [4.69, 9.17) is 4.74 Å². The molecular formula is C22H24FN3O3. The highest BCUT2D eigenvalue weighted by Gasteiger charge is 2.23. The molecule has 0 saturated heterocycles. The normalized spacial score (nSPS) is 12.2. The van der Waals surface area contributed by atoms with Crippen LogP contribution in [0.25, 0.3) is 16.6 Å². The van der Waals surface area contributed by atoms with Gasteiger partial charge in [0.25, 0.3) is 5.56 Å². The smallest absolute Gasteiger partial charge is 0.407 e. The number of carbonyl (C=O) groups is 1. The van der Waals surface area contributed by atoms with E-state index in [2.05, 4.69) is 10.3 Å². The molecule has 1 amide bonds. The minimum atomic E-state index is -0.631. The molecule has 0 bridgehead atoms. The Balaban J connectivity index is 2.14. The Bertz CT molecular complexity index is 1060. The third kappa shape index (κ3) is 4.45. The van der Waals surface area contributed by atoms with Gasteiger partial charge in [-0.1, -0.05) is 45.0 Å². The number of nitrogens with one attached hydrogen (secondary N) is 1. The molecule has 6 nitrogen and oxygen atoms in total. The van der Waals surface area contributed by atoms with E-state index >= 15 is 0 Å². The molecule has 0 fully saturated rings. The lowest BCUT2D eigenvalue weighted by molar-refractivity contribution is 0.128. The van der Waals surface area contributed by atoms with Gasteiger partial charge in [-0.2, -0.15) is 0 Å². The van der Waals surface area contributed by atoms with Crippen molar-refractivity contribution in [1.82, 2.24) is 14.9 Å². The summed E-state index contributed by atoms with van der Waals surface area (Å²) in [4.78, 5) is 30.0. The van der Waals surface area contributed by atoms with Gasteiger partial charge in [0, 0.05) is 0 Å². The molecule has 0 spiro atoms. The highest BCUT2D eigenvalue weighted by Crippen LogP contribution is 2.21. The molecule has 0 aliphatic carbocycles. The van der Waals surface area contributed by atoms with Crippen LogP contribution in [0.5, 0.6) is 0 Å². The first-order valence-corrected chi connectivity index (χ1v) is 9.62. The molecule has 0 unspecified atom stereocenters. The summed E-state index contributed by atoms with van der Waals surface area (Å²) in [5.41, 5.74) is 0.263. The fraction of sp³-hybridized carbons (Fsp3) is 0.318. The maximum atomic E-state index is 14.4. The number of amides is 1. The molecule has 152 valence electrons. The molecule has 0 aliphatic rings. The maximum Gasteiger partial charge on any atom is 0.407 e. The molecule has 3 aromatic rings. The Hall–Kier alpha value is -3.22. The van der Waals surface area contributed by atoms with Crippen LogP contribution in [0.1, 0.15) is 39.1 Å². The Kier molecular flexibility index (Phi) is 6.26. The van der Waals surface area contributed by atoms with Crippen molar-refractivity contribution in [2.24, 2.45) is 5.92 Å². The van der Waals surface area contributed by atoms with Crippen molar-refractivity contribution in [3.05, 3.63) is 70.5 Å². The van der Waals surface area contributed by atoms with E-state index in [1.165, 1.54) is 16.7 Å². The molecule has 0 aliphatic heterocycles. The van der Waals surface area contributed by atoms with Crippen LogP contribution in [-0.2, 0) is 4.74 Å². The van der Waals surface area contributed by atoms with Crippen LogP contribution in [0.4, 0.5) is 9.18 Å². The fourth-order valence-electron chi connectivity index (χ4n) is 3.04. The first-order valence-electron chi connectivity index (χ1n) is 9.62. The van der Waals surface area contributed by atoms with Gasteiger partial charge in [-0.3, -0.25) is 9.36 Å². The van der Waals surface area contributed by atoms with E-state index in [0.717, 1.165) is 0 Å². The average molecular weight is 397 g/mol. The fourth-order valence-corrected chi connectivity index (χ4v) is 3.04. The van der Waals surface area contributed by atoms with Gasteiger partial charge < -0.3 is 10.1 Å². The van der Waals surface area contributed by atoms with Gasteiger partial charge in [-0.15, -0.1) is 0 Å². The number of alkyl carbamates (subject to hydrolysis) is 1. The molecule has 1 aromatic heterocycles. The third-order valence-corrected chi connectivity index (χ3v) is 4.45. The van der Waals surface area contributed by atoms with Gasteiger partial charge in [0.2, 0.25) is 0 Å². The van der Waals surface area contributed by atoms with E-state index in [-0.39, 0.29) is 23.4 Å². The number of benzene rings is 2. The van der Waals surface area contributed by atoms with Gasteiger partial charge in [0.05, 0.1) is 23.9 Å². The summed E-state index contributed by atoms with van der Waals surface area (Å²) in [5, 5.41) is 2.69. The molecule has 1 N–H and O–H groups in total. The number of ether oxygens (including phenoxy) is 1. The first-order chi connectivity index (χ1) is 13.9. The van der Waals surface area contributed by atoms with Crippen molar-refractivity contribution in [2.75, 3.05) is 6.61 Å². The predicted octanol–water partition coefficient (Wildman–Crippen LogP) is 4.36. The number of halogens is 1. The molecule has 0 saturated carbocycles. The van der Waals surface area contributed by atoms with Crippen LogP contribution in [0.2, 0.25) is 0 Å². The predicted molar refractivity (Wildman–Crippen MR) is 110 cm³/mol. The molecule has 1 atom stereocenters. The van der Waals surface area contributed by atoms with Gasteiger partial charge in [-0.25, -0.2) is 14.2 Å². The number of fused-ring (bicyclic) bond motifs is 1. The lowest BCUT2D eigenvalue weighted by Crippen LogP contribution is -2.35. The zero-order chi connectivity index (χ0) is 21.0. The lowest BCUT2D eigenvalue weighted by atomic mass is 10.1. The summed E-state index contributed by atoms with van der Waals surface area (Å²) in [6.07, 6.45) is -0.115. The number of hydrogen-bond acceptors (Lipinski definition) is 4. The second kappa shape index (κ2) is 8.86. The van der Waals surface area contributed by atoms with Crippen LogP contribution < -0.4 is 10.9 Å². The largest absolute Gasteiger partial charge is 0.449 e. The van der Waals surface area contributed by atoms with Gasteiger partial charge in [-0.05, 0) is 36.6 Å². The van der Waals surface area contributed by atoms with E-state index in [1.54, 1.807) is 30.3 Å². The summed E-state index contributed by atoms with van der Waals surface area (Å²) in [5.74, 6) is -0.109. The minimum Gasteiger partial charge on any atom is -0.449 e. The van der Waals surface area contributed by atoms with Gasteiger partial charge in [0.15, 0.2) is 0 Å². The van der Waals surface area contributed by atoms with Gasteiger partial charge in [0.1, 0.15) is 17.0 Å². The number of aromatic nitrogens is 2. The van der Waals surface area contributed by atoms with E-state index < -0.39 is 23.5 Å². The van der Waals surface area contributed by atoms with Crippen LogP contribution in [0, 0.1) is 11.7 Å². The molecule has 29 heavy (non-hydrogen) atoms. The molecule has 0 radical (unpaired) electrons. The monoisotopic (exact) mass is 397 g/mol. The van der Waals surface area contributed by atoms with Crippen molar-refractivity contribution in [3.63, 3.8) is 0 Å². The second-order valence-corrected chi connectivity index (χ2v) is 7.18. The average Bonchev–Trinajstić information content (AvgIpc) is 2.71. The van der Waals surface area contributed by atoms with Crippen LogP contribution in [0.3, 0.4) is 0 Å². The molecular weight excluding hydrogens is 373 g/mol. The number of nitrogens with zero attached hydrogens (tertiary/aromatic N) is 2. The van der Waals surface area contributed by atoms with Gasteiger partial charge >= 0.3 is 6.09 Å². The Labute approximate surface area is 168 Å². The summed E-state index contributed by atoms with van der Waals surface area (Å²) < 4.78 is 21.0. The van der Waals surface area contributed by atoms with Crippen molar-refractivity contribution < 1.29 is 13.9 Å². The number of carbonyl (C=O) groups excluding carboxylic acids is 1. The van der Waals surface area contributed by atoms with Crippen molar-refractivity contribution >= 4 is 17.0 Å². The zero-order valence-corrected chi connectivity index (χ0v) is 16.7. The van der Waals surface area contributed by atoms with Crippen LogP contribution in [0.15, 0.2) is 53.3 Å². The second-order valence-electron chi connectivity index (χ2n) is 7.18. The highest BCUT2D eigenvalue weighted by molar-refractivity contribution is 5.79. The van der Waals surface area contributed by atoms with Crippen LogP contribution in [-0.4, -0.2) is 22.3 Å². The minimum absolute atomic E-state index is 0.0858. The standard InChI is InChI=1S/C22H24FN3O3/c1-4-17(25-22(28)29-13-14(2)3)20-24-18-12-8-11-16(23)19(18)21(27)26(20)15-9-6-5-7-10-15/h5-12,14,17H,4,13H2,1-3H3,(H,25,28)/t17-/m0/s1. The molecule has 7 heteroatoms. The van der Waals surface area contributed by atoms with Crippen molar-refractivity contribution in [1.29, 1.82) is 0 Å². The summed E-state index contributed by atoms with van der Waals surface area (Å²) in [6.45, 7) is 6.03. The number of hydrogen-bond donors (Lipinski definition) is 1. The zero-order valence-electron chi connectivity index (χ0n) is 16.7. The third-order valence-electron chi connectivity index (χ3n) is 4.45. The Morgan fingerprint density at radius 1 is 1.17 bits per heavy atom. The van der Waals surface area contributed by atoms with Crippen molar-refractivity contribution in [3.8, 4) is 5.69 Å². The molecule has 2 aromatic carbocycles. The van der Waals surface area contributed by atoms with E-state index in [0.29, 0.717) is 17.9 Å². The Morgan fingerprint density at radius 2 is 1.90 bits per heavy atom. The van der Waals surface area contributed by atoms with E-state index in [9.17, 15) is 14.0 Å². The summed E-state index contributed by atoms with van der Waals surface area (Å²) >= 11 is 0. The molecule has 1 heterocycles. The first kappa shape index (κ1) is 20.5. The topological polar surface area (TPSA) is 73.2 Å². The lowest BCUT2D eigenvalue weighted by Gasteiger charge is -2.21. The summed E-state index contributed by atoms with van der Waals surface area (Å²) in [7, 11) is 0. The van der Waals surface area contributed by atoms with Crippen LogP contribution >= 0.6 is 0 Å². The Morgan fingerprint density at radius 3 is 2.55 bits per heavy atom. The highest BCUT2D eigenvalue weighted by atomic mass is 19.1. The van der Waals surface area contributed by atoms with Crippen molar-refractivity contribution in [2.45, 2.75) is 33.2 Å². The van der Waals surface area contributed by atoms with E-state index in [1.807, 2.05) is 26.8 Å². The SMILES string of the molecule is CC[C@H](NC(=O)OCC(C)C)c1nc2cccc(F)c2c(=O)n1-c1ccccc1. The summed E-state index contributed by atoms with van der Waals surface area (Å²) in [6, 6.07) is 12.6. The number of rotatable bonds is 6. The quantitative estimate of drug-likeness (QED) is 0.671. The molecule has 3 rings (SSSR count). The number of para-hydroxylation sites is 1.